The molecule has 0 bridgehead atoms. The van der Waals surface area contributed by atoms with Crippen molar-refractivity contribution in [3.8, 4) is 5.75 Å². The molecule has 0 atom stereocenters. The van der Waals surface area contributed by atoms with E-state index in [0.717, 1.165) is 98.9 Å². The summed E-state index contributed by atoms with van der Waals surface area (Å²) in [4.78, 5) is 23.1. The molecule has 3 aromatic rings. The van der Waals surface area contributed by atoms with Crippen LogP contribution >= 0.6 is 11.6 Å². The number of aliphatic carboxylic acids is 1. The van der Waals surface area contributed by atoms with Gasteiger partial charge in [0.2, 0.25) is 0 Å². The lowest BCUT2D eigenvalue weighted by Gasteiger charge is -2.41. The highest BCUT2D eigenvalue weighted by Gasteiger charge is 2.36. The summed E-state index contributed by atoms with van der Waals surface area (Å²) in [5.74, 6) is 0.0820. The van der Waals surface area contributed by atoms with Crippen molar-refractivity contribution in [3.05, 3.63) is 65.1 Å². The number of carbonyl (C=O) groups is 1. The van der Waals surface area contributed by atoms with Crippen LogP contribution in [0.1, 0.15) is 56.2 Å². The highest BCUT2D eigenvalue weighted by Crippen LogP contribution is 2.40. The zero-order chi connectivity index (χ0) is 25.4. The van der Waals surface area contributed by atoms with E-state index < -0.39 is 5.97 Å². The predicted molar refractivity (Wildman–Crippen MR) is 144 cm³/mol. The number of ether oxygens (including phenoxy) is 1. The molecule has 0 unspecified atom stereocenters. The minimum Gasteiger partial charge on any atom is -0.497 e. The Bertz CT molecular complexity index is 1150. The molecule has 1 N–H and O–H groups in total. The first-order valence-electron chi connectivity index (χ1n) is 12.9. The van der Waals surface area contributed by atoms with Crippen molar-refractivity contribution in [2.45, 2.75) is 57.8 Å². The Labute approximate surface area is 218 Å². The van der Waals surface area contributed by atoms with E-state index in [9.17, 15) is 9.90 Å². The van der Waals surface area contributed by atoms with Crippen LogP contribution in [-0.4, -0.2) is 52.7 Å². The molecular weight excluding hydrogens is 474 g/mol. The number of methoxy groups -OCH3 is 1. The Kier molecular flexibility index (Phi) is 9.16. The highest BCUT2D eigenvalue weighted by molar-refractivity contribution is 6.32. The minimum absolute atomic E-state index is 0.150. The molecule has 2 aromatic heterocycles. The standard InChI is InChI=1S/C29H36ClN3O3/c1-36-23-10-11-27-25(19-23)24(26(30)21-32-27)9-6-12-29(20-28(34)35)13-17-33(18-14-29)16-5-3-8-22-7-2-4-15-31-22/h2,4,7,10-11,15,19,21H,3,5-6,8-9,12-14,16-18,20H2,1H3,(H,34,35). The molecule has 1 saturated heterocycles. The molecule has 1 fully saturated rings. The van der Waals surface area contributed by atoms with Crippen molar-refractivity contribution in [1.82, 2.24) is 14.9 Å². The first kappa shape index (κ1) is 26.4. The monoisotopic (exact) mass is 509 g/mol. The van der Waals surface area contributed by atoms with Crippen molar-refractivity contribution in [2.75, 3.05) is 26.7 Å². The van der Waals surface area contributed by atoms with Gasteiger partial charge < -0.3 is 14.7 Å². The number of carboxylic acid groups (broad SMARTS) is 1. The van der Waals surface area contributed by atoms with Gasteiger partial charge in [-0.3, -0.25) is 14.8 Å². The zero-order valence-corrected chi connectivity index (χ0v) is 21.8. The van der Waals surface area contributed by atoms with Crippen LogP contribution in [-0.2, 0) is 17.6 Å². The SMILES string of the molecule is COc1ccc2ncc(Cl)c(CCCC3(CC(=O)O)CCN(CCCCc4ccccn4)CC3)c2c1. The van der Waals surface area contributed by atoms with Gasteiger partial charge >= 0.3 is 5.97 Å². The fourth-order valence-electron chi connectivity index (χ4n) is 5.50. The Hall–Kier alpha value is -2.70. The molecule has 4 rings (SSSR count). The second-order valence-electron chi connectivity index (χ2n) is 10.0. The number of unbranched alkanes of at least 4 members (excludes halogenated alkanes) is 1. The van der Waals surface area contributed by atoms with Crippen LogP contribution in [0.3, 0.4) is 0 Å². The molecule has 1 aliphatic rings. The highest BCUT2D eigenvalue weighted by atomic mass is 35.5. The van der Waals surface area contributed by atoms with Gasteiger partial charge in [-0.25, -0.2) is 0 Å². The topological polar surface area (TPSA) is 75.6 Å². The van der Waals surface area contributed by atoms with Crippen LogP contribution in [0.4, 0.5) is 0 Å². The number of hydrogen-bond acceptors (Lipinski definition) is 5. The second-order valence-corrected chi connectivity index (χ2v) is 10.4. The van der Waals surface area contributed by atoms with Crippen LogP contribution in [0.2, 0.25) is 5.02 Å². The van der Waals surface area contributed by atoms with Gasteiger partial charge in [-0.1, -0.05) is 17.7 Å². The van der Waals surface area contributed by atoms with E-state index in [2.05, 4.69) is 20.9 Å². The van der Waals surface area contributed by atoms with Crippen molar-refractivity contribution < 1.29 is 14.6 Å². The second kappa shape index (κ2) is 12.5. The number of carboxylic acids is 1. The van der Waals surface area contributed by atoms with Crippen LogP contribution in [0, 0.1) is 5.41 Å². The summed E-state index contributed by atoms with van der Waals surface area (Å²) in [7, 11) is 1.65. The van der Waals surface area contributed by atoms with E-state index in [1.807, 2.05) is 36.5 Å². The quantitative estimate of drug-likeness (QED) is 0.293. The lowest BCUT2D eigenvalue weighted by Crippen LogP contribution is -2.41. The number of rotatable bonds is 12. The number of pyridine rings is 2. The molecular formula is C29H36ClN3O3. The third kappa shape index (κ3) is 6.95. The fraction of sp³-hybridized carbons (Fsp3) is 0.483. The normalized spacial score (nSPS) is 15.7. The molecule has 6 nitrogen and oxygen atoms in total. The van der Waals surface area contributed by atoms with Gasteiger partial charge in [0.25, 0.3) is 0 Å². The van der Waals surface area contributed by atoms with Gasteiger partial charge in [0.15, 0.2) is 0 Å². The van der Waals surface area contributed by atoms with E-state index in [1.54, 1.807) is 13.3 Å². The molecule has 7 heteroatoms. The van der Waals surface area contributed by atoms with Crippen LogP contribution in [0.15, 0.2) is 48.8 Å². The molecule has 1 aliphatic heterocycles. The predicted octanol–water partition coefficient (Wildman–Crippen LogP) is 6.19. The number of hydrogen-bond donors (Lipinski definition) is 1. The van der Waals surface area contributed by atoms with Crippen LogP contribution in [0.25, 0.3) is 10.9 Å². The van der Waals surface area contributed by atoms with E-state index in [0.29, 0.717) is 5.02 Å². The maximum atomic E-state index is 11.8. The fourth-order valence-corrected chi connectivity index (χ4v) is 5.74. The van der Waals surface area contributed by atoms with Crippen LogP contribution in [0.5, 0.6) is 5.75 Å². The Morgan fingerprint density at radius 3 is 2.67 bits per heavy atom. The van der Waals surface area contributed by atoms with Gasteiger partial charge in [0.1, 0.15) is 5.75 Å². The van der Waals surface area contributed by atoms with E-state index >= 15 is 0 Å². The van der Waals surface area contributed by atoms with Crippen molar-refractivity contribution in [1.29, 1.82) is 0 Å². The lowest BCUT2D eigenvalue weighted by atomic mass is 9.72. The number of benzene rings is 1. The summed E-state index contributed by atoms with van der Waals surface area (Å²) in [6.07, 6.45) is 11.5. The van der Waals surface area contributed by atoms with Crippen molar-refractivity contribution in [2.24, 2.45) is 5.41 Å². The summed E-state index contributed by atoms with van der Waals surface area (Å²) < 4.78 is 5.40. The number of aryl methyl sites for hydroxylation is 2. The number of nitrogens with zero attached hydrogens (tertiary/aromatic N) is 3. The largest absolute Gasteiger partial charge is 0.497 e. The maximum absolute atomic E-state index is 11.8. The summed E-state index contributed by atoms with van der Waals surface area (Å²) in [6, 6.07) is 11.9. The summed E-state index contributed by atoms with van der Waals surface area (Å²) in [6.45, 7) is 3.00. The van der Waals surface area contributed by atoms with Gasteiger partial charge in [0, 0.05) is 23.5 Å². The summed E-state index contributed by atoms with van der Waals surface area (Å²) >= 11 is 6.55. The third-order valence-electron chi connectivity index (χ3n) is 7.59. The average molecular weight is 510 g/mol. The molecule has 0 amide bonds. The average Bonchev–Trinajstić information content (AvgIpc) is 2.89. The molecule has 192 valence electrons. The number of likely N-dealkylation sites (tertiary alicyclic amines) is 1. The van der Waals surface area contributed by atoms with E-state index in [4.69, 9.17) is 16.3 Å². The lowest BCUT2D eigenvalue weighted by molar-refractivity contribution is -0.140. The minimum atomic E-state index is -0.698. The van der Waals surface area contributed by atoms with Gasteiger partial charge in [-0.2, -0.15) is 0 Å². The molecule has 0 aliphatic carbocycles. The Morgan fingerprint density at radius 2 is 1.94 bits per heavy atom. The first-order valence-corrected chi connectivity index (χ1v) is 13.3. The van der Waals surface area contributed by atoms with Gasteiger partial charge in [-0.05, 0) is 112 Å². The van der Waals surface area contributed by atoms with Crippen molar-refractivity contribution in [3.63, 3.8) is 0 Å². The summed E-state index contributed by atoms with van der Waals surface area (Å²) in [5.41, 5.74) is 2.96. The molecule has 3 heterocycles. The molecule has 36 heavy (non-hydrogen) atoms. The zero-order valence-electron chi connectivity index (χ0n) is 21.1. The number of fused-ring (bicyclic) bond motifs is 1. The van der Waals surface area contributed by atoms with Crippen LogP contribution < -0.4 is 4.74 Å². The number of halogens is 1. The molecule has 1 aromatic carbocycles. The Balaban J connectivity index is 1.31. The smallest absolute Gasteiger partial charge is 0.303 e. The Morgan fingerprint density at radius 1 is 1.11 bits per heavy atom. The number of piperidine rings is 1. The van der Waals surface area contributed by atoms with E-state index in [-0.39, 0.29) is 11.8 Å². The molecule has 0 radical (unpaired) electrons. The van der Waals surface area contributed by atoms with Gasteiger partial charge in [0.05, 0.1) is 24.1 Å². The van der Waals surface area contributed by atoms with Crippen molar-refractivity contribution >= 4 is 28.5 Å². The van der Waals surface area contributed by atoms with Gasteiger partial charge in [-0.15, -0.1) is 0 Å². The summed E-state index contributed by atoms with van der Waals surface area (Å²) in [5, 5.41) is 11.3. The van der Waals surface area contributed by atoms with E-state index in [1.165, 1.54) is 0 Å². The first-order chi connectivity index (χ1) is 17.5. The maximum Gasteiger partial charge on any atom is 0.303 e. The third-order valence-corrected chi connectivity index (χ3v) is 7.92. The molecule has 0 saturated carbocycles. The molecule has 0 spiro atoms. The number of aromatic nitrogens is 2.